The number of aromatic nitrogens is 2. The number of nitrogens with zero attached hydrogens (tertiary/aromatic N) is 2. The molecule has 1 aliphatic rings. The van der Waals surface area contributed by atoms with Gasteiger partial charge in [0, 0.05) is 24.0 Å². The zero-order valence-corrected chi connectivity index (χ0v) is 15.5. The Morgan fingerprint density at radius 3 is 2.72 bits per heavy atom. The number of anilines is 3. The van der Waals surface area contributed by atoms with Crippen LogP contribution in [0.25, 0.3) is 0 Å². The van der Waals surface area contributed by atoms with Crippen LogP contribution < -0.4 is 10.6 Å². The molecule has 2 N–H and O–H groups in total. The molecule has 0 bridgehead atoms. The number of hydrogen-bond donors (Lipinski definition) is 2. The Bertz CT molecular complexity index is 764. The van der Waals surface area contributed by atoms with Crippen LogP contribution in [-0.4, -0.2) is 16.5 Å². The number of benzene rings is 1. The summed E-state index contributed by atoms with van der Waals surface area (Å²) in [6.45, 7) is 7.10. The summed E-state index contributed by atoms with van der Waals surface area (Å²) in [5.74, 6) is 1.53. The fourth-order valence-corrected chi connectivity index (χ4v) is 3.19. The fraction of sp³-hybridized carbons (Fsp3) is 0.429. The Morgan fingerprint density at radius 2 is 1.92 bits per heavy atom. The molecule has 1 heterocycles. The molecule has 1 aromatic heterocycles. The fourth-order valence-electron chi connectivity index (χ4n) is 3.19. The summed E-state index contributed by atoms with van der Waals surface area (Å²) in [5.41, 5.74) is 6.07. The highest BCUT2D eigenvalue weighted by molar-refractivity contribution is 5.62. The van der Waals surface area contributed by atoms with Gasteiger partial charge in [-0.15, -0.1) is 0 Å². The summed E-state index contributed by atoms with van der Waals surface area (Å²) in [6, 6.07) is 8.38. The van der Waals surface area contributed by atoms with E-state index in [4.69, 9.17) is 0 Å². The van der Waals surface area contributed by atoms with Gasteiger partial charge in [-0.3, -0.25) is 0 Å². The molecule has 2 aromatic rings. The Kier molecular flexibility index (Phi) is 5.69. The summed E-state index contributed by atoms with van der Waals surface area (Å²) >= 11 is 0. The minimum absolute atomic E-state index is 0.698. The molecule has 0 fully saturated rings. The highest BCUT2D eigenvalue weighted by Crippen LogP contribution is 2.22. The van der Waals surface area contributed by atoms with Crippen molar-refractivity contribution in [1.82, 2.24) is 9.97 Å². The lowest BCUT2D eigenvalue weighted by atomic mass is 9.97. The van der Waals surface area contributed by atoms with E-state index >= 15 is 0 Å². The van der Waals surface area contributed by atoms with Gasteiger partial charge in [0.2, 0.25) is 5.95 Å². The Labute approximate surface area is 150 Å². The average molecular weight is 336 g/mol. The molecule has 0 radical (unpaired) electrons. The molecule has 132 valence electrons. The lowest BCUT2D eigenvalue weighted by Gasteiger charge is -2.14. The summed E-state index contributed by atoms with van der Waals surface area (Å²) < 4.78 is 0. The molecule has 4 heteroatoms. The second-order valence-electron chi connectivity index (χ2n) is 6.95. The van der Waals surface area contributed by atoms with E-state index < -0.39 is 0 Å². The normalized spacial score (nSPS) is 14.1. The molecule has 0 saturated carbocycles. The third kappa shape index (κ3) is 5.05. The number of hydrogen-bond acceptors (Lipinski definition) is 4. The van der Waals surface area contributed by atoms with Crippen molar-refractivity contribution >= 4 is 17.5 Å². The summed E-state index contributed by atoms with van der Waals surface area (Å²) in [7, 11) is 0. The van der Waals surface area contributed by atoms with Crippen molar-refractivity contribution < 1.29 is 0 Å². The van der Waals surface area contributed by atoms with E-state index in [1.807, 2.05) is 13.0 Å². The van der Waals surface area contributed by atoms with Crippen LogP contribution in [0.2, 0.25) is 0 Å². The molecule has 1 aliphatic carbocycles. The zero-order chi connectivity index (χ0) is 17.6. The number of aryl methyl sites for hydroxylation is 3. The van der Waals surface area contributed by atoms with Crippen LogP contribution in [0.15, 0.2) is 35.9 Å². The molecule has 25 heavy (non-hydrogen) atoms. The van der Waals surface area contributed by atoms with E-state index in [0.29, 0.717) is 5.95 Å². The second kappa shape index (κ2) is 8.15. The highest BCUT2D eigenvalue weighted by Gasteiger charge is 2.06. The SMILES string of the molecule is Cc1ccc(C)c(Nc2cc(C)nc(NCCC3=CCCCC3)n2)c1. The monoisotopic (exact) mass is 336 g/mol. The van der Waals surface area contributed by atoms with Crippen LogP contribution in [0.1, 0.15) is 48.9 Å². The van der Waals surface area contributed by atoms with E-state index in [0.717, 1.165) is 30.2 Å². The third-order valence-corrected chi connectivity index (χ3v) is 4.62. The van der Waals surface area contributed by atoms with E-state index in [1.165, 1.54) is 36.8 Å². The zero-order valence-electron chi connectivity index (χ0n) is 15.5. The van der Waals surface area contributed by atoms with Crippen molar-refractivity contribution in [2.75, 3.05) is 17.2 Å². The minimum atomic E-state index is 0.698. The quantitative estimate of drug-likeness (QED) is 0.689. The van der Waals surface area contributed by atoms with E-state index in [2.05, 4.69) is 58.7 Å². The van der Waals surface area contributed by atoms with Gasteiger partial charge in [0.05, 0.1) is 0 Å². The molecule has 0 atom stereocenters. The van der Waals surface area contributed by atoms with Crippen molar-refractivity contribution in [1.29, 1.82) is 0 Å². The molecule has 4 nitrogen and oxygen atoms in total. The van der Waals surface area contributed by atoms with Crippen LogP contribution >= 0.6 is 0 Å². The largest absolute Gasteiger partial charge is 0.354 e. The lowest BCUT2D eigenvalue weighted by Crippen LogP contribution is -2.09. The van der Waals surface area contributed by atoms with Crippen molar-refractivity contribution in [2.45, 2.75) is 52.9 Å². The maximum absolute atomic E-state index is 4.63. The summed E-state index contributed by atoms with van der Waals surface area (Å²) in [4.78, 5) is 9.15. The maximum Gasteiger partial charge on any atom is 0.224 e. The van der Waals surface area contributed by atoms with Crippen LogP contribution in [0.5, 0.6) is 0 Å². The van der Waals surface area contributed by atoms with Crippen LogP contribution in [-0.2, 0) is 0 Å². The topological polar surface area (TPSA) is 49.8 Å². The maximum atomic E-state index is 4.63. The van der Waals surface area contributed by atoms with Gasteiger partial charge in [-0.25, -0.2) is 4.98 Å². The first-order chi connectivity index (χ1) is 12.1. The molecule has 0 aliphatic heterocycles. The minimum Gasteiger partial charge on any atom is -0.354 e. The van der Waals surface area contributed by atoms with Gasteiger partial charge >= 0.3 is 0 Å². The van der Waals surface area contributed by atoms with Gasteiger partial charge in [-0.05, 0) is 70.1 Å². The first kappa shape index (κ1) is 17.5. The van der Waals surface area contributed by atoms with Crippen molar-refractivity contribution in [3.63, 3.8) is 0 Å². The average Bonchev–Trinajstić information content (AvgIpc) is 2.59. The van der Waals surface area contributed by atoms with E-state index in [1.54, 1.807) is 5.57 Å². The third-order valence-electron chi connectivity index (χ3n) is 4.62. The Hall–Kier alpha value is -2.36. The van der Waals surface area contributed by atoms with Crippen molar-refractivity contribution in [2.24, 2.45) is 0 Å². The molecule has 0 saturated heterocycles. The predicted octanol–water partition coefficient (Wildman–Crippen LogP) is 5.45. The molecule has 1 aromatic carbocycles. The van der Waals surface area contributed by atoms with Gasteiger partial charge in [0.1, 0.15) is 5.82 Å². The first-order valence-corrected chi connectivity index (χ1v) is 9.22. The number of rotatable bonds is 6. The summed E-state index contributed by atoms with van der Waals surface area (Å²) in [6.07, 6.45) is 8.63. The highest BCUT2D eigenvalue weighted by atomic mass is 15.1. The molecule has 3 rings (SSSR count). The Balaban J connectivity index is 1.65. The second-order valence-corrected chi connectivity index (χ2v) is 6.95. The first-order valence-electron chi connectivity index (χ1n) is 9.22. The van der Waals surface area contributed by atoms with Crippen LogP contribution in [0.3, 0.4) is 0 Å². The van der Waals surface area contributed by atoms with E-state index in [-0.39, 0.29) is 0 Å². The molecule has 0 spiro atoms. The Morgan fingerprint density at radius 1 is 1.04 bits per heavy atom. The van der Waals surface area contributed by atoms with Gasteiger partial charge in [0.25, 0.3) is 0 Å². The molecular weight excluding hydrogens is 308 g/mol. The van der Waals surface area contributed by atoms with Gasteiger partial charge < -0.3 is 10.6 Å². The van der Waals surface area contributed by atoms with Gasteiger partial charge in [-0.1, -0.05) is 23.8 Å². The molecule has 0 amide bonds. The molecular formula is C21H28N4. The van der Waals surface area contributed by atoms with Crippen molar-refractivity contribution in [3.8, 4) is 0 Å². The van der Waals surface area contributed by atoms with Gasteiger partial charge in [-0.2, -0.15) is 4.98 Å². The van der Waals surface area contributed by atoms with E-state index in [9.17, 15) is 0 Å². The van der Waals surface area contributed by atoms with Crippen LogP contribution in [0, 0.1) is 20.8 Å². The smallest absolute Gasteiger partial charge is 0.224 e. The predicted molar refractivity (Wildman–Crippen MR) is 106 cm³/mol. The molecule has 0 unspecified atom stereocenters. The number of allylic oxidation sites excluding steroid dienone is 1. The summed E-state index contributed by atoms with van der Waals surface area (Å²) in [5, 5.41) is 6.81. The van der Waals surface area contributed by atoms with Gasteiger partial charge in [0.15, 0.2) is 0 Å². The standard InChI is InChI=1S/C21H28N4/c1-15-9-10-16(2)19(13-15)24-20-14-17(3)23-21(25-20)22-12-11-18-7-5-4-6-8-18/h7,9-10,13-14H,4-6,8,11-12H2,1-3H3,(H2,22,23,24,25). The number of nitrogens with one attached hydrogen (secondary N) is 2. The van der Waals surface area contributed by atoms with Crippen LogP contribution in [0.4, 0.5) is 17.5 Å². The lowest BCUT2D eigenvalue weighted by molar-refractivity contribution is 0.679. The van der Waals surface area contributed by atoms with Crippen molar-refractivity contribution in [3.05, 3.63) is 52.7 Å².